The van der Waals surface area contributed by atoms with Gasteiger partial charge in [-0.1, -0.05) is 35.9 Å². The Morgan fingerprint density at radius 1 is 1.19 bits per heavy atom. The van der Waals surface area contributed by atoms with Crippen molar-refractivity contribution in [2.75, 3.05) is 0 Å². The van der Waals surface area contributed by atoms with E-state index in [0.29, 0.717) is 10.9 Å². The van der Waals surface area contributed by atoms with Crippen LogP contribution in [-0.4, -0.2) is 28.6 Å². The maximum atomic E-state index is 13.2. The van der Waals surface area contributed by atoms with Crippen LogP contribution in [0.2, 0.25) is 5.02 Å². The number of nitrogens with zero attached hydrogens (tertiary/aromatic N) is 1. The lowest BCUT2D eigenvalue weighted by Crippen LogP contribution is -2.30. The highest BCUT2D eigenvalue weighted by molar-refractivity contribution is 7.12. The van der Waals surface area contributed by atoms with Gasteiger partial charge in [0.2, 0.25) is 0 Å². The number of nitrogens with one attached hydrogen (secondary N) is 2. The van der Waals surface area contributed by atoms with Gasteiger partial charge in [0, 0.05) is 10.9 Å². The topological polar surface area (TPSA) is 74.3 Å². The monoisotopic (exact) mass is 413 g/mol. The van der Waals surface area contributed by atoms with E-state index in [9.17, 15) is 22.8 Å². The average molecular weight is 414 g/mol. The number of carbonyl (C=O) groups excluding carboxylic acids is 2. The van der Waals surface area contributed by atoms with Crippen LogP contribution in [0.4, 0.5) is 13.2 Å². The van der Waals surface area contributed by atoms with Gasteiger partial charge in [-0.3, -0.25) is 9.59 Å². The fourth-order valence-electron chi connectivity index (χ4n) is 2.32. The van der Waals surface area contributed by atoms with E-state index >= 15 is 0 Å². The zero-order valence-corrected chi connectivity index (χ0v) is 15.0. The molecule has 0 spiro atoms. The van der Waals surface area contributed by atoms with E-state index in [2.05, 4.69) is 10.1 Å². The number of H-pyrrole nitrogens is 1. The Balaban J connectivity index is 1.82. The van der Waals surface area contributed by atoms with E-state index < -0.39 is 30.0 Å². The highest BCUT2D eigenvalue weighted by atomic mass is 35.5. The third-order valence-corrected chi connectivity index (χ3v) is 4.92. The Labute approximate surface area is 159 Å². The van der Waals surface area contributed by atoms with Crippen molar-refractivity contribution in [2.45, 2.75) is 12.6 Å². The van der Waals surface area contributed by atoms with Gasteiger partial charge >= 0.3 is 6.18 Å². The summed E-state index contributed by atoms with van der Waals surface area (Å²) in [4.78, 5) is 27.0. The summed E-state index contributed by atoms with van der Waals surface area (Å²) in [5.74, 6) is -1.68. The predicted octanol–water partition coefficient (Wildman–Crippen LogP) is 4.80. The van der Waals surface area contributed by atoms with Crippen LogP contribution in [0.1, 0.15) is 26.6 Å². The minimum absolute atomic E-state index is 0.0709. The minimum atomic E-state index is -4.87. The molecule has 0 bridgehead atoms. The van der Waals surface area contributed by atoms with Gasteiger partial charge in [-0.2, -0.15) is 18.3 Å². The SMILES string of the molecule is O=C(CC(=NNC(=O)c1[nH]c2ccccc2c1Cl)C(F)(F)F)c1cccs1. The molecule has 2 N–H and O–H groups in total. The second kappa shape index (κ2) is 7.53. The van der Waals surface area contributed by atoms with Crippen LogP contribution in [0.3, 0.4) is 0 Å². The Morgan fingerprint density at radius 3 is 2.56 bits per heavy atom. The molecule has 140 valence electrons. The zero-order valence-electron chi connectivity index (χ0n) is 13.4. The van der Waals surface area contributed by atoms with E-state index in [1.54, 1.807) is 35.7 Å². The molecular formula is C17H11ClF3N3O2S. The van der Waals surface area contributed by atoms with Crippen molar-refractivity contribution in [2.24, 2.45) is 5.10 Å². The number of benzene rings is 1. The lowest BCUT2D eigenvalue weighted by molar-refractivity contribution is -0.0605. The Morgan fingerprint density at radius 2 is 1.93 bits per heavy atom. The van der Waals surface area contributed by atoms with Crippen LogP contribution in [0.5, 0.6) is 0 Å². The van der Waals surface area contributed by atoms with Crippen LogP contribution >= 0.6 is 22.9 Å². The average Bonchev–Trinajstić information content (AvgIpc) is 3.26. The first-order valence-electron chi connectivity index (χ1n) is 7.54. The first-order valence-corrected chi connectivity index (χ1v) is 8.80. The number of ketones is 1. The van der Waals surface area contributed by atoms with Crippen LogP contribution in [0.15, 0.2) is 46.9 Å². The Hall–Kier alpha value is -2.65. The molecule has 2 heterocycles. The molecule has 10 heteroatoms. The van der Waals surface area contributed by atoms with Gasteiger partial charge in [0.1, 0.15) is 11.4 Å². The van der Waals surface area contributed by atoms with Gasteiger partial charge in [-0.15, -0.1) is 11.3 Å². The number of thiophene rings is 1. The molecule has 0 saturated carbocycles. The van der Waals surface area contributed by atoms with Crippen LogP contribution in [-0.2, 0) is 0 Å². The predicted molar refractivity (Wildman–Crippen MR) is 97.5 cm³/mol. The van der Waals surface area contributed by atoms with Crippen LogP contribution in [0.25, 0.3) is 10.9 Å². The van der Waals surface area contributed by atoms with Gasteiger partial charge < -0.3 is 4.98 Å². The van der Waals surface area contributed by atoms with Crippen molar-refractivity contribution in [3.63, 3.8) is 0 Å². The molecule has 0 radical (unpaired) electrons. The molecule has 1 aromatic carbocycles. The van der Waals surface area contributed by atoms with Gasteiger partial charge in [-0.25, -0.2) is 5.43 Å². The van der Waals surface area contributed by atoms with Gasteiger partial charge in [0.05, 0.1) is 16.3 Å². The third-order valence-electron chi connectivity index (χ3n) is 3.61. The number of hydrazone groups is 1. The number of halogens is 4. The summed E-state index contributed by atoms with van der Waals surface area (Å²) in [7, 11) is 0. The fraction of sp³-hybridized carbons (Fsp3) is 0.118. The summed E-state index contributed by atoms with van der Waals surface area (Å²) in [6.45, 7) is 0. The van der Waals surface area contributed by atoms with Gasteiger partial charge in [0.15, 0.2) is 5.78 Å². The molecule has 0 saturated heterocycles. The number of hydrogen-bond donors (Lipinski definition) is 2. The van der Waals surface area contributed by atoms with Crippen LogP contribution in [0, 0.1) is 0 Å². The number of carbonyl (C=O) groups is 2. The van der Waals surface area contributed by atoms with E-state index in [-0.39, 0.29) is 15.6 Å². The molecule has 0 aliphatic rings. The fourth-order valence-corrected chi connectivity index (χ4v) is 3.28. The highest BCUT2D eigenvalue weighted by Gasteiger charge is 2.37. The molecule has 0 unspecified atom stereocenters. The van der Waals surface area contributed by atoms with Crippen molar-refractivity contribution in [1.29, 1.82) is 0 Å². The first-order chi connectivity index (χ1) is 12.8. The zero-order chi connectivity index (χ0) is 19.6. The van der Waals surface area contributed by atoms with E-state index in [0.717, 1.165) is 11.3 Å². The van der Waals surface area contributed by atoms with Crippen LogP contribution < -0.4 is 5.43 Å². The van der Waals surface area contributed by atoms with E-state index in [1.165, 1.54) is 6.07 Å². The van der Waals surface area contributed by atoms with E-state index in [1.807, 2.05) is 5.43 Å². The summed E-state index contributed by atoms with van der Waals surface area (Å²) < 4.78 is 39.5. The van der Waals surface area contributed by atoms with E-state index in [4.69, 9.17) is 11.6 Å². The van der Waals surface area contributed by atoms with Gasteiger partial charge in [-0.05, 0) is 17.5 Å². The summed E-state index contributed by atoms with van der Waals surface area (Å²) >= 11 is 7.12. The second-order valence-corrected chi connectivity index (χ2v) is 6.76. The number of aromatic nitrogens is 1. The number of rotatable bonds is 5. The summed E-state index contributed by atoms with van der Waals surface area (Å²) in [6.07, 6.45) is -5.85. The first kappa shape index (κ1) is 19.1. The summed E-state index contributed by atoms with van der Waals surface area (Å²) in [5, 5.41) is 5.33. The molecule has 0 aliphatic carbocycles. The number of para-hydroxylation sites is 1. The van der Waals surface area contributed by atoms with Crippen molar-refractivity contribution < 1.29 is 22.8 Å². The number of fused-ring (bicyclic) bond motifs is 1. The molecule has 27 heavy (non-hydrogen) atoms. The number of amides is 1. The maximum Gasteiger partial charge on any atom is 0.431 e. The lowest BCUT2D eigenvalue weighted by atomic mass is 10.1. The molecule has 2 aromatic heterocycles. The van der Waals surface area contributed by atoms with Crippen molar-refractivity contribution >= 4 is 51.2 Å². The molecular weight excluding hydrogens is 403 g/mol. The van der Waals surface area contributed by atoms with Crippen molar-refractivity contribution in [3.8, 4) is 0 Å². The second-order valence-electron chi connectivity index (χ2n) is 5.43. The molecule has 0 fully saturated rings. The van der Waals surface area contributed by atoms with Crippen molar-refractivity contribution in [1.82, 2.24) is 10.4 Å². The number of hydrogen-bond acceptors (Lipinski definition) is 4. The lowest BCUT2D eigenvalue weighted by Gasteiger charge is -2.09. The maximum absolute atomic E-state index is 13.2. The molecule has 3 rings (SSSR count). The molecule has 0 aliphatic heterocycles. The quantitative estimate of drug-likeness (QED) is 0.358. The van der Waals surface area contributed by atoms with Crippen molar-refractivity contribution in [3.05, 3.63) is 57.4 Å². The molecule has 3 aromatic rings. The summed E-state index contributed by atoms with van der Waals surface area (Å²) in [6, 6.07) is 9.73. The smallest absolute Gasteiger partial charge is 0.349 e. The molecule has 1 amide bonds. The molecule has 5 nitrogen and oxygen atoms in total. The summed E-state index contributed by atoms with van der Waals surface area (Å²) in [5.41, 5.74) is 0.859. The number of Topliss-reactive ketones (excluding diaryl/α,β-unsaturated/α-hetero) is 1. The Bertz CT molecular complexity index is 1030. The number of alkyl halides is 3. The number of aromatic amines is 1. The normalized spacial score (nSPS) is 12.4. The standard InChI is InChI=1S/C17H11ClF3N3O2S/c18-14-9-4-1-2-5-10(9)22-15(14)16(26)24-23-13(17(19,20)21)8-11(25)12-6-3-7-27-12/h1-7,22H,8H2,(H,24,26). The van der Waals surface area contributed by atoms with Gasteiger partial charge in [0.25, 0.3) is 5.91 Å². The minimum Gasteiger partial charge on any atom is -0.349 e. The highest BCUT2D eigenvalue weighted by Crippen LogP contribution is 2.27. The Kier molecular flexibility index (Phi) is 5.33. The molecule has 0 atom stereocenters. The largest absolute Gasteiger partial charge is 0.431 e. The third kappa shape index (κ3) is 4.20.